The van der Waals surface area contributed by atoms with Crippen molar-refractivity contribution in [2.75, 3.05) is 24.0 Å². The number of hydrogen-bond donors (Lipinski definition) is 3. The highest BCUT2D eigenvalue weighted by Crippen LogP contribution is 2.17. The lowest BCUT2D eigenvalue weighted by Crippen LogP contribution is -2.25. The highest BCUT2D eigenvalue weighted by atomic mass is 32.2. The van der Waals surface area contributed by atoms with E-state index in [1.165, 1.54) is 16.4 Å². The summed E-state index contributed by atoms with van der Waals surface area (Å²) < 4.78 is 6.53. The first-order chi connectivity index (χ1) is 13.7. The topological polar surface area (TPSA) is 107 Å². The summed E-state index contributed by atoms with van der Waals surface area (Å²) in [5, 5.41) is 14.7. The van der Waals surface area contributed by atoms with E-state index in [2.05, 4.69) is 20.8 Å². The van der Waals surface area contributed by atoms with Gasteiger partial charge in [0.1, 0.15) is 5.75 Å². The van der Waals surface area contributed by atoms with Gasteiger partial charge < -0.3 is 21.2 Å². The van der Waals surface area contributed by atoms with Crippen molar-refractivity contribution >= 4 is 23.4 Å². The molecule has 1 aromatic heterocycles. The molecule has 28 heavy (non-hydrogen) atoms. The van der Waals surface area contributed by atoms with Crippen LogP contribution in [0.4, 0.5) is 5.69 Å². The van der Waals surface area contributed by atoms with Gasteiger partial charge in [-0.1, -0.05) is 42.1 Å². The second-order valence-electron chi connectivity index (χ2n) is 5.90. The van der Waals surface area contributed by atoms with E-state index in [0.717, 1.165) is 17.0 Å². The minimum Gasteiger partial charge on any atom is -0.497 e. The van der Waals surface area contributed by atoms with E-state index in [0.29, 0.717) is 24.1 Å². The van der Waals surface area contributed by atoms with Gasteiger partial charge >= 0.3 is 0 Å². The van der Waals surface area contributed by atoms with Gasteiger partial charge in [-0.15, -0.1) is 10.2 Å². The fourth-order valence-electron chi connectivity index (χ4n) is 2.39. The first kappa shape index (κ1) is 19.6. The number of nitrogens with one attached hydrogen (secondary N) is 2. The Balaban J connectivity index is 1.46. The van der Waals surface area contributed by atoms with Crippen molar-refractivity contribution < 1.29 is 9.53 Å². The van der Waals surface area contributed by atoms with Gasteiger partial charge in [0.05, 0.1) is 19.4 Å². The van der Waals surface area contributed by atoms with E-state index in [9.17, 15) is 4.79 Å². The quantitative estimate of drug-likeness (QED) is 0.374. The first-order valence-electron chi connectivity index (χ1n) is 8.66. The SMILES string of the molecule is COc1ccc(NCc2nnc(SCC(=O)NCc3ccccc3)n2N)cc1. The van der Waals surface area contributed by atoms with Crippen LogP contribution in [0.1, 0.15) is 11.4 Å². The maximum Gasteiger partial charge on any atom is 0.230 e. The second-order valence-corrected chi connectivity index (χ2v) is 6.84. The second kappa shape index (κ2) is 9.65. The van der Waals surface area contributed by atoms with Crippen molar-refractivity contribution in [2.24, 2.45) is 0 Å². The number of hydrogen-bond acceptors (Lipinski definition) is 7. The van der Waals surface area contributed by atoms with Gasteiger partial charge in [-0.25, -0.2) is 4.68 Å². The zero-order chi connectivity index (χ0) is 19.8. The smallest absolute Gasteiger partial charge is 0.230 e. The fraction of sp³-hybridized carbons (Fsp3) is 0.211. The van der Waals surface area contributed by atoms with Gasteiger partial charge in [-0.3, -0.25) is 4.79 Å². The third kappa shape index (κ3) is 5.40. The number of carbonyl (C=O) groups excluding carboxylic acids is 1. The summed E-state index contributed by atoms with van der Waals surface area (Å²) >= 11 is 1.25. The molecule has 1 amide bonds. The van der Waals surface area contributed by atoms with Crippen LogP contribution in [0.5, 0.6) is 5.75 Å². The zero-order valence-electron chi connectivity index (χ0n) is 15.5. The minimum absolute atomic E-state index is 0.0882. The number of benzene rings is 2. The molecule has 4 N–H and O–H groups in total. The molecule has 0 radical (unpaired) electrons. The Bertz CT molecular complexity index is 899. The van der Waals surface area contributed by atoms with Crippen LogP contribution in [0, 0.1) is 0 Å². The van der Waals surface area contributed by atoms with Crippen LogP contribution < -0.4 is 21.2 Å². The molecule has 0 aliphatic carbocycles. The molecule has 146 valence electrons. The number of thioether (sulfide) groups is 1. The molecule has 0 saturated heterocycles. The third-order valence-corrected chi connectivity index (χ3v) is 4.88. The molecule has 0 spiro atoms. The zero-order valence-corrected chi connectivity index (χ0v) is 16.3. The number of anilines is 1. The maximum atomic E-state index is 12.0. The Hall–Kier alpha value is -3.20. The number of aromatic nitrogens is 3. The Kier molecular flexibility index (Phi) is 6.74. The largest absolute Gasteiger partial charge is 0.497 e. The van der Waals surface area contributed by atoms with Crippen LogP contribution >= 0.6 is 11.8 Å². The molecule has 3 rings (SSSR count). The number of ether oxygens (including phenoxy) is 1. The van der Waals surface area contributed by atoms with E-state index in [-0.39, 0.29) is 11.7 Å². The standard InChI is InChI=1S/C19H22N6O2S/c1-27-16-9-7-15(8-10-16)21-12-17-23-24-19(25(17)20)28-13-18(26)22-11-14-5-3-2-4-6-14/h2-10,21H,11-13,20H2,1H3,(H,22,26). The molecule has 0 bridgehead atoms. The summed E-state index contributed by atoms with van der Waals surface area (Å²) in [5.41, 5.74) is 1.97. The molecule has 0 aliphatic rings. The normalized spacial score (nSPS) is 10.5. The molecule has 0 unspecified atom stereocenters. The summed E-state index contributed by atoms with van der Waals surface area (Å²) in [6.07, 6.45) is 0. The van der Waals surface area contributed by atoms with Crippen LogP contribution in [-0.2, 0) is 17.9 Å². The van der Waals surface area contributed by atoms with Crippen molar-refractivity contribution in [1.82, 2.24) is 20.2 Å². The molecule has 0 saturated carbocycles. The number of nitrogens with two attached hydrogens (primary N) is 1. The lowest BCUT2D eigenvalue weighted by Gasteiger charge is -2.08. The number of rotatable bonds is 9. The molecule has 0 aliphatic heterocycles. The van der Waals surface area contributed by atoms with Crippen LogP contribution in [0.3, 0.4) is 0 Å². The van der Waals surface area contributed by atoms with Crippen LogP contribution in [0.2, 0.25) is 0 Å². The molecule has 2 aromatic carbocycles. The Morgan fingerprint density at radius 1 is 1.11 bits per heavy atom. The predicted octanol–water partition coefficient (Wildman–Crippen LogP) is 2.02. The van der Waals surface area contributed by atoms with Gasteiger partial charge in [0, 0.05) is 12.2 Å². The summed E-state index contributed by atoms with van der Waals surface area (Å²) in [4.78, 5) is 12.0. The Morgan fingerprint density at radius 2 is 1.86 bits per heavy atom. The van der Waals surface area contributed by atoms with E-state index in [1.807, 2.05) is 54.6 Å². The highest BCUT2D eigenvalue weighted by Gasteiger charge is 2.12. The summed E-state index contributed by atoms with van der Waals surface area (Å²) in [5.74, 6) is 7.53. The Labute approximate surface area is 167 Å². The third-order valence-electron chi connectivity index (χ3n) is 3.94. The molecule has 0 fully saturated rings. The fourth-order valence-corrected chi connectivity index (χ4v) is 3.10. The maximum absolute atomic E-state index is 12.0. The summed E-state index contributed by atoms with van der Waals surface area (Å²) in [7, 11) is 1.63. The van der Waals surface area contributed by atoms with Crippen LogP contribution in [0.15, 0.2) is 59.8 Å². The van der Waals surface area contributed by atoms with Crippen molar-refractivity contribution in [3.05, 3.63) is 66.0 Å². The van der Waals surface area contributed by atoms with Gasteiger partial charge in [-0.2, -0.15) is 0 Å². The number of nitrogens with zero attached hydrogens (tertiary/aromatic N) is 3. The van der Waals surface area contributed by atoms with Gasteiger partial charge in [0.15, 0.2) is 5.82 Å². The van der Waals surface area contributed by atoms with Gasteiger partial charge in [-0.05, 0) is 29.8 Å². The number of methoxy groups -OCH3 is 1. The van der Waals surface area contributed by atoms with E-state index in [1.54, 1.807) is 7.11 Å². The lowest BCUT2D eigenvalue weighted by atomic mass is 10.2. The molecule has 0 atom stereocenters. The predicted molar refractivity (Wildman–Crippen MR) is 110 cm³/mol. The monoisotopic (exact) mass is 398 g/mol. The number of amides is 1. The van der Waals surface area contributed by atoms with Gasteiger partial charge in [0.25, 0.3) is 0 Å². The molecular formula is C19H22N6O2S. The van der Waals surface area contributed by atoms with E-state index < -0.39 is 0 Å². The average molecular weight is 398 g/mol. The average Bonchev–Trinajstić information content (AvgIpc) is 3.09. The molecule has 9 heteroatoms. The molecule has 8 nitrogen and oxygen atoms in total. The van der Waals surface area contributed by atoms with Gasteiger partial charge in [0.2, 0.25) is 11.1 Å². The van der Waals surface area contributed by atoms with E-state index >= 15 is 0 Å². The summed E-state index contributed by atoms with van der Waals surface area (Å²) in [6.45, 7) is 0.906. The van der Waals surface area contributed by atoms with E-state index in [4.69, 9.17) is 10.6 Å². The number of nitrogen functional groups attached to an aromatic ring is 1. The summed E-state index contributed by atoms with van der Waals surface area (Å²) in [6, 6.07) is 17.3. The van der Waals surface area contributed by atoms with Crippen molar-refractivity contribution in [2.45, 2.75) is 18.2 Å². The van der Waals surface area contributed by atoms with Crippen LogP contribution in [-0.4, -0.2) is 33.6 Å². The van der Waals surface area contributed by atoms with Crippen LogP contribution in [0.25, 0.3) is 0 Å². The number of carbonyl (C=O) groups is 1. The Morgan fingerprint density at radius 3 is 2.57 bits per heavy atom. The van der Waals surface area contributed by atoms with Crippen molar-refractivity contribution in [3.8, 4) is 5.75 Å². The molecule has 1 heterocycles. The van der Waals surface area contributed by atoms with Crippen molar-refractivity contribution in [3.63, 3.8) is 0 Å². The molecule has 3 aromatic rings. The highest BCUT2D eigenvalue weighted by molar-refractivity contribution is 7.99. The first-order valence-corrected chi connectivity index (χ1v) is 9.65. The lowest BCUT2D eigenvalue weighted by molar-refractivity contribution is -0.118. The minimum atomic E-state index is -0.0882. The van der Waals surface area contributed by atoms with Crippen molar-refractivity contribution in [1.29, 1.82) is 0 Å². The molecular weight excluding hydrogens is 376 g/mol.